The van der Waals surface area contributed by atoms with Crippen molar-refractivity contribution in [2.45, 2.75) is 31.7 Å². The van der Waals surface area contributed by atoms with Crippen LogP contribution in [-0.4, -0.2) is 28.9 Å². The molecule has 0 radical (unpaired) electrons. The first kappa shape index (κ1) is 12.3. The predicted octanol–water partition coefficient (Wildman–Crippen LogP) is 2.01. The number of amides is 1. The van der Waals surface area contributed by atoms with Crippen LogP contribution in [0.2, 0.25) is 0 Å². The Bertz CT molecular complexity index is 535. The van der Waals surface area contributed by atoms with Crippen LogP contribution in [0.4, 0.5) is 0 Å². The number of carboxylic acids is 1. The maximum absolute atomic E-state index is 11.7. The lowest BCUT2D eigenvalue weighted by molar-refractivity contribution is -0.142. The van der Waals surface area contributed by atoms with E-state index in [1.165, 1.54) is 4.90 Å². The fourth-order valence-corrected chi connectivity index (χ4v) is 2.93. The third kappa shape index (κ3) is 1.93. The second-order valence-corrected chi connectivity index (χ2v) is 5.66. The van der Waals surface area contributed by atoms with Gasteiger partial charge in [0.2, 0.25) is 5.91 Å². The van der Waals surface area contributed by atoms with Gasteiger partial charge in [0.15, 0.2) is 0 Å². The molecular formula is C14H17NO4. The number of carboxylic acid groups (broad SMARTS) is 1. The van der Waals surface area contributed by atoms with Gasteiger partial charge in [-0.1, -0.05) is 6.92 Å². The summed E-state index contributed by atoms with van der Waals surface area (Å²) in [4.78, 5) is 24.4. The topological polar surface area (TPSA) is 70.8 Å². The van der Waals surface area contributed by atoms with Crippen LogP contribution in [0.5, 0.6) is 0 Å². The number of nitrogens with zero attached hydrogens (tertiary/aromatic N) is 1. The van der Waals surface area contributed by atoms with Crippen LogP contribution in [0.1, 0.15) is 43.2 Å². The summed E-state index contributed by atoms with van der Waals surface area (Å²) in [5, 5.41) is 9.23. The minimum absolute atomic E-state index is 0.0480. The van der Waals surface area contributed by atoms with Crippen LogP contribution >= 0.6 is 0 Å². The van der Waals surface area contributed by atoms with Crippen LogP contribution in [0.15, 0.2) is 16.5 Å². The molecule has 1 N–H and O–H groups in total. The number of furan rings is 1. The molecule has 5 nitrogen and oxygen atoms in total. The molecule has 102 valence electrons. The third-order valence-corrected chi connectivity index (χ3v) is 4.32. The van der Waals surface area contributed by atoms with E-state index in [1.54, 1.807) is 7.05 Å². The third-order valence-electron chi connectivity index (χ3n) is 4.32. The normalized spacial score (nSPS) is 33.8. The number of aliphatic carboxylic acids is 1. The van der Waals surface area contributed by atoms with Crippen molar-refractivity contribution in [3.8, 4) is 0 Å². The van der Waals surface area contributed by atoms with Gasteiger partial charge >= 0.3 is 5.97 Å². The van der Waals surface area contributed by atoms with Crippen molar-refractivity contribution in [1.29, 1.82) is 0 Å². The first-order chi connectivity index (χ1) is 8.99. The fraction of sp³-hybridized carbons (Fsp3) is 0.571. The van der Waals surface area contributed by atoms with E-state index in [1.807, 2.05) is 12.1 Å². The largest absolute Gasteiger partial charge is 0.481 e. The maximum Gasteiger partial charge on any atom is 0.309 e. The molecule has 2 fully saturated rings. The molecule has 3 rings (SSSR count). The van der Waals surface area contributed by atoms with E-state index in [4.69, 9.17) is 4.42 Å². The molecule has 1 aliphatic carbocycles. The molecule has 19 heavy (non-hydrogen) atoms. The maximum atomic E-state index is 11.7. The van der Waals surface area contributed by atoms with Gasteiger partial charge < -0.3 is 14.4 Å². The highest BCUT2D eigenvalue weighted by Crippen LogP contribution is 2.48. The molecule has 5 heteroatoms. The lowest BCUT2D eigenvalue weighted by atomic mass is 9.99. The molecule has 1 aromatic heterocycles. The van der Waals surface area contributed by atoms with Crippen LogP contribution in [0, 0.1) is 11.8 Å². The monoisotopic (exact) mass is 263 g/mol. The van der Waals surface area contributed by atoms with Crippen molar-refractivity contribution < 1.29 is 19.1 Å². The molecule has 1 aliphatic heterocycles. The standard InChI is InChI=1S/C14H17NO4/c1-7-5-8(7)10-3-4-11(19-10)13-9(14(17)18)6-12(16)15(13)2/h3-4,7-9,13H,5-6H2,1-2H3,(H,17,18). The fourth-order valence-electron chi connectivity index (χ4n) is 2.93. The van der Waals surface area contributed by atoms with E-state index < -0.39 is 17.9 Å². The zero-order chi connectivity index (χ0) is 13.7. The van der Waals surface area contributed by atoms with Crippen molar-refractivity contribution in [3.05, 3.63) is 23.7 Å². The molecule has 1 saturated carbocycles. The Balaban J connectivity index is 1.88. The number of carbonyl (C=O) groups excluding carboxylic acids is 1. The average molecular weight is 263 g/mol. The number of hydrogen-bond acceptors (Lipinski definition) is 3. The van der Waals surface area contributed by atoms with E-state index in [9.17, 15) is 14.7 Å². The minimum atomic E-state index is -0.944. The van der Waals surface area contributed by atoms with Crippen LogP contribution in [0.3, 0.4) is 0 Å². The number of carbonyl (C=O) groups is 2. The van der Waals surface area contributed by atoms with Gasteiger partial charge in [-0.25, -0.2) is 0 Å². The number of rotatable bonds is 3. The Morgan fingerprint density at radius 3 is 2.63 bits per heavy atom. The van der Waals surface area contributed by atoms with Crippen molar-refractivity contribution in [1.82, 2.24) is 4.90 Å². The molecule has 2 heterocycles. The number of hydrogen-bond donors (Lipinski definition) is 1. The van der Waals surface area contributed by atoms with Crippen molar-refractivity contribution in [3.63, 3.8) is 0 Å². The molecule has 0 spiro atoms. The van der Waals surface area contributed by atoms with E-state index in [0.717, 1.165) is 12.2 Å². The molecule has 1 saturated heterocycles. The Kier molecular flexibility index (Phi) is 2.66. The second-order valence-electron chi connectivity index (χ2n) is 5.66. The molecule has 0 bridgehead atoms. The van der Waals surface area contributed by atoms with Gasteiger partial charge in [-0.15, -0.1) is 0 Å². The highest BCUT2D eigenvalue weighted by Gasteiger charge is 2.45. The minimum Gasteiger partial charge on any atom is -0.481 e. The summed E-state index contributed by atoms with van der Waals surface area (Å²) >= 11 is 0. The smallest absolute Gasteiger partial charge is 0.309 e. The molecule has 4 unspecified atom stereocenters. The van der Waals surface area contributed by atoms with E-state index >= 15 is 0 Å². The predicted molar refractivity (Wildman–Crippen MR) is 66.5 cm³/mol. The summed E-state index contributed by atoms with van der Waals surface area (Å²) in [6.45, 7) is 2.16. The zero-order valence-electron chi connectivity index (χ0n) is 11.0. The van der Waals surface area contributed by atoms with Gasteiger partial charge in [-0.05, 0) is 24.5 Å². The average Bonchev–Trinajstić information content (AvgIpc) is 2.79. The van der Waals surface area contributed by atoms with Crippen molar-refractivity contribution in [2.24, 2.45) is 11.8 Å². The zero-order valence-corrected chi connectivity index (χ0v) is 11.0. The molecular weight excluding hydrogens is 246 g/mol. The summed E-state index contributed by atoms with van der Waals surface area (Å²) < 4.78 is 5.80. The van der Waals surface area contributed by atoms with Gasteiger partial charge in [-0.3, -0.25) is 9.59 Å². The summed E-state index contributed by atoms with van der Waals surface area (Å²) in [6, 6.07) is 3.25. The van der Waals surface area contributed by atoms with E-state index in [2.05, 4.69) is 6.92 Å². The van der Waals surface area contributed by atoms with Crippen LogP contribution in [-0.2, 0) is 9.59 Å². The van der Waals surface area contributed by atoms with Gasteiger partial charge in [0.25, 0.3) is 0 Å². The summed E-state index contributed by atoms with van der Waals surface area (Å²) in [6.07, 6.45) is 1.17. The molecule has 1 amide bonds. The lowest BCUT2D eigenvalue weighted by Gasteiger charge is -2.20. The highest BCUT2D eigenvalue weighted by atomic mass is 16.4. The summed E-state index contributed by atoms with van der Waals surface area (Å²) in [7, 11) is 1.64. The van der Waals surface area contributed by atoms with Crippen LogP contribution in [0.25, 0.3) is 0 Å². The van der Waals surface area contributed by atoms with Crippen molar-refractivity contribution in [2.75, 3.05) is 7.05 Å². The van der Waals surface area contributed by atoms with Gasteiger partial charge in [0.1, 0.15) is 17.6 Å². The van der Waals surface area contributed by atoms with Crippen molar-refractivity contribution >= 4 is 11.9 Å². The molecule has 2 aliphatic rings. The van der Waals surface area contributed by atoms with E-state index in [0.29, 0.717) is 17.6 Å². The summed E-state index contributed by atoms with van der Waals surface area (Å²) in [5.41, 5.74) is 0. The Morgan fingerprint density at radius 1 is 1.42 bits per heavy atom. The van der Waals surface area contributed by atoms with E-state index in [-0.39, 0.29) is 12.3 Å². The molecule has 4 atom stereocenters. The second kappa shape index (κ2) is 4.11. The first-order valence-electron chi connectivity index (χ1n) is 6.57. The molecule has 1 aromatic rings. The quantitative estimate of drug-likeness (QED) is 0.905. The van der Waals surface area contributed by atoms with Gasteiger partial charge in [-0.2, -0.15) is 0 Å². The van der Waals surface area contributed by atoms with Gasteiger partial charge in [0, 0.05) is 19.4 Å². The Morgan fingerprint density at radius 2 is 2.05 bits per heavy atom. The van der Waals surface area contributed by atoms with Gasteiger partial charge in [0.05, 0.1) is 5.92 Å². The molecule has 0 aromatic carbocycles. The van der Waals surface area contributed by atoms with Crippen LogP contribution < -0.4 is 0 Å². The number of likely N-dealkylation sites (tertiary alicyclic amines) is 1. The lowest BCUT2D eigenvalue weighted by Crippen LogP contribution is -2.26. The Labute approximate surface area is 111 Å². The first-order valence-corrected chi connectivity index (χ1v) is 6.57. The Hall–Kier alpha value is -1.78. The summed E-state index contributed by atoms with van der Waals surface area (Å²) in [5.74, 6) is 0.801. The SMILES string of the molecule is CC1CC1c1ccc(C2C(C(=O)O)CC(=O)N2C)o1. The highest BCUT2D eigenvalue weighted by molar-refractivity contribution is 5.87.